The highest BCUT2D eigenvalue weighted by molar-refractivity contribution is 5.98. The molecule has 0 spiro atoms. The number of hydrogen-bond acceptors (Lipinski definition) is 14. The van der Waals surface area contributed by atoms with E-state index in [0.29, 0.717) is 0 Å². The fourth-order valence-corrected chi connectivity index (χ4v) is 6.27. The van der Waals surface area contributed by atoms with Gasteiger partial charge in [0.25, 0.3) is 0 Å². The highest BCUT2D eigenvalue weighted by Crippen LogP contribution is 2.12. The van der Waals surface area contributed by atoms with E-state index in [9.17, 15) is 72.9 Å². The Balaban J connectivity index is 6.57. The van der Waals surface area contributed by atoms with Crippen molar-refractivity contribution in [2.45, 2.75) is 154 Å². The number of carboxylic acid groups (broad SMARTS) is 4. The minimum Gasteiger partial charge on any atom is -0.481 e. The second kappa shape index (κ2) is 31.0. The van der Waals surface area contributed by atoms with Crippen molar-refractivity contribution in [2.75, 3.05) is 6.54 Å². The van der Waals surface area contributed by atoms with Gasteiger partial charge in [-0.3, -0.25) is 57.7 Å². The number of hydrogen-bond donors (Lipinski definition) is 15. The van der Waals surface area contributed by atoms with Gasteiger partial charge in [0.1, 0.15) is 42.3 Å². The Morgan fingerprint density at radius 1 is 0.464 bits per heavy atom. The molecule has 0 aliphatic rings. The van der Waals surface area contributed by atoms with Crippen LogP contribution in [0.25, 0.3) is 0 Å². The van der Waals surface area contributed by atoms with E-state index in [1.165, 1.54) is 27.7 Å². The molecule has 8 amide bonds. The van der Waals surface area contributed by atoms with Crippen LogP contribution in [0.2, 0.25) is 0 Å². The molecule has 28 nitrogen and oxygen atoms in total. The van der Waals surface area contributed by atoms with Crippen molar-refractivity contribution >= 4 is 77.1 Å². The topological polar surface area (TPSA) is 486 Å². The molecule has 0 bridgehead atoms. The van der Waals surface area contributed by atoms with Gasteiger partial charge in [-0.05, 0) is 56.3 Å². The zero-order chi connectivity index (χ0) is 53.3. The number of carbonyl (C=O) groups is 12. The quantitative estimate of drug-likeness (QED) is 0.0165. The molecule has 0 heterocycles. The van der Waals surface area contributed by atoms with Crippen molar-refractivity contribution in [2.24, 2.45) is 45.7 Å². The van der Waals surface area contributed by atoms with Crippen LogP contribution in [0.15, 0.2) is 4.99 Å². The highest BCUT2D eigenvalue weighted by atomic mass is 16.4. The van der Waals surface area contributed by atoms with Crippen molar-refractivity contribution in [3.05, 3.63) is 0 Å². The summed E-state index contributed by atoms with van der Waals surface area (Å²) in [4.78, 5) is 157. The lowest BCUT2D eigenvalue weighted by Crippen LogP contribution is -2.61. The lowest BCUT2D eigenvalue weighted by molar-refractivity contribution is -0.143. The number of guanidine groups is 1. The van der Waals surface area contributed by atoms with Gasteiger partial charge in [0.05, 0.1) is 12.5 Å². The molecular weight excluding hydrogens is 917 g/mol. The molecule has 0 unspecified atom stereocenters. The highest BCUT2D eigenvalue weighted by Gasteiger charge is 2.36. The SMILES string of the molecule is CC(C)C[C@H](NC(=O)[C@H](CC(=O)O)NC(=O)[C@H](CCC(=O)O)NC(=O)[C@@H](NC(=O)[C@@H](N)CCC(=O)O)C(C)C)C(=O)N[C@@H](CCC(N)=O)C(=O)N[C@H](C(=O)N[C@@H](CCCN=C(N)N)C(=O)O)C(C)C. The van der Waals surface area contributed by atoms with E-state index >= 15 is 0 Å². The molecule has 0 aliphatic carbocycles. The number of nitrogens with two attached hydrogens (primary N) is 4. The maximum Gasteiger partial charge on any atom is 0.326 e. The Hall–Kier alpha value is -7.13. The van der Waals surface area contributed by atoms with Gasteiger partial charge in [0, 0.05) is 25.8 Å². The molecule has 0 fully saturated rings. The van der Waals surface area contributed by atoms with E-state index in [2.05, 4.69) is 42.2 Å². The molecule has 19 N–H and O–H groups in total. The Kier molecular flexibility index (Phi) is 27.8. The molecule has 390 valence electrons. The number of nitrogens with one attached hydrogen (secondary N) is 7. The van der Waals surface area contributed by atoms with Crippen LogP contribution in [0.5, 0.6) is 0 Å². The van der Waals surface area contributed by atoms with Gasteiger partial charge in [0.2, 0.25) is 47.3 Å². The van der Waals surface area contributed by atoms with E-state index in [1.54, 1.807) is 13.8 Å². The summed E-state index contributed by atoms with van der Waals surface area (Å²) in [7, 11) is 0. The molecule has 69 heavy (non-hydrogen) atoms. The van der Waals surface area contributed by atoms with Gasteiger partial charge in [-0.1, -0.05) is 41.5 Å². The molecular formula is C41H70N12O16. The minimum atomic E-state index is -1.98. The summed E-state index contributed by atoms with van der Waals surface area (Å²) in [6, 6.07) is -12.4. The fraction of sp³-hybridized carbons (Fsp3) is 0.683. The second-order valence-electron chi connectivity index (χ2n) is 17.3. The van der Waals surface area contributed by atoms with Crippen LogP contribution in [0.4, 0.5) is 0 Å². The summed E-state index contributed by atoms with van der Waals surface area (Å²) < 4.78 is 0. The summed E-state index contributed by atoms with van der Waals surface area (Å²) in [5, 5.41) is 54.1. The van der Waals surface area contributed by atoms with Crippen molar-refractivity contribution in [1.29, 1.82) is 0 Å². The summed E-state index contributed by atoms with van der Waals surface area (Å²) in [6.45, 7) is 9.43. The second-order valence-corrected chi connectivity index (χ2v) is 17.3. The number of aliphatic carboxylic acids is 4. The third kappa shape index (κ3) is 25.5. The van der Waals surface area contributed by atoms with Crippen molar-refractivity contribution in [3.8, 4) is 0 Å². The minimum absolute atomic E-state index is 0.0651. The average molecular weight is 987 g/mol. The maximum absolute atomic E-state index is 13.9. The number of carboxylic acids is 4. The number of carbonyl (C=O) groups excluding carboxylic acids is 8. The van der Waals surface area contributed by atoms with Crippen LogP contribution in [0, 0.1) is 17.8 Å². The van der Waals surface area contributed by atoms with Gasteiger partial charge in [-0.25, -0.2) is 4.79 Å². The third-order valence-electron chi connectivity index (χ3n) is 10.0. The first-order valence-electron chi connectivity index (χ1n) is 22.1. The molecule has 0 radical (unpaired) electrons. The smallest absolute Gasteiger partial charge is 0.326 e. The molecule has 0 aliphatic heterocycles. The first kappa shape index (κ1) is 61.9. The van der Waals surface area contributed by atoms with Gasteiger partial charge in [-0.15, -0.1) is 0 Å². The Labute approximate surface area is 398 Å². The number of primary amides is 1. The molecule has 0 aromatic heterocycles. The van der Waals surface area contributed by atoms with Crippen LogP contribution in [0.3, 0.4) is 0 Å². The molecule has 0 aromatic carbocycles. The molecule has 28 heteroatoms. The fourth-order valence-electron chi connectivity index (χ4n) is 6.27. The Morgan fingerprint density at radius 2 is 0.870 bits per heavy atom. The molecule has 0 rings (SSSR count). The number of nitrogens with zero attached hydrogens (tertiary/aromatic N) is 1. The number of aliphatic imine (C=N–C) groups is 1. The van der Waals surface area contributed by atoms with Crippen molar-refractivity contribution in [1.82, 2.24) is 37.2 Å². The predicted octanol–water partition coefficient (Wildman–Crippen LogP) is -4.33. The van der Waals surface area contributed by atoms with E-state index in [4.69, 9.17) is 28.0 Å². The third-order valence-corrected chi connectivity index (χ3v) is 10.0. The van der Waals surface area contributed by atoms with Gasteiger partial charge in [0.15, 0.2) is 5.96 Å². The van der Waals surface area contributed by atoms with Gasteiger partial charge in [-0.2, -0.15) is 0 Å². The average Bonchev–Trinajstić information content (AvgIpc) is 3.22. The molecule has 0 aromatic rings. The lowest BCUT2D eigenvalue weighted by Gasteiger charge is -2.29. The van der Waals surface area contributed by atoms with Crippen LogP contribution >= 0.6 is 0 Å². The molecule has 0 saturated carbocycles. The van der Waals surface area contributed by atoms with Gasteiger partial charge < -0.3 is 80.6 Å². The maximum atomic E-state index is 13.9. The normalized spacial score (nSPS) is 14.5. The van der Waals surface area contributed by atoms with E-state index in [1.807, 2.05) is 0 Å². The van der Waals surface area contributed by atoms with Crippen LogP contribution in [0.1, 0.15) is 106 Å². The van der Waals surface area contributed by atoms with E-state index in [-0.39, 0.29) is 44.1 Å². The lowest BCUT2D eigenvalue weighted by atomic mass is 9.99. The van der Waals surface area contributed by atoms with Crippen molar-refractivity contribution in [3.63, 3.8) is 0 Å². The standard InChI is InChI=1S/C41H70N12O16/c1-18(2)16-25(36(64)47-22(10-12-27(43)54)35(63)53-32(20(5)6)39(67)49-24(40(68)69)8-7-15-46-41(44)45)50-37(65)26(17-30(59)60)51-34(62)23(11-14-29(57)58)48-38(66)31(19(3)4)52-33(61)21(42)9-13-28(55)56/h18-26,31-32H,7-17,42H2,1-6H3,(H2,43,54)(H,47,64)(H,48,66)(H,49,67)(H,50,65)(H,51,62)(H,52,61)(H,53,63)(H,55,56)(H,57,58)(H,59,60)(H,68,69)(H4,44,45,46)/t21-,22-,23-,24-,25-,26-,31-,32-/m0/s1. The Morgan fingerprint density at radius 3 is 1.32 bits per heavy atom. The summed E-state index contributed by atoms with van der Waals surface area (Å²) >= 11 is 0. The first-order chi connectivity index (χ1) is 32.0. The van der Waals surface area contributed by atoms with E-state index in [0.717, 1.165) is 0 Å². The number of rotatable bonds is 34. The van der Waals surface area contributed by atoms with E-state index < -0.39 is 170 Å². The van der Waals surface area contributed by atoms with Crippen LogP contribution in [-0.4, -0.2) is 152 Å². The van der Waals surface area contributed by atoms with Crippen LogP contribution < -0.4 is 60.2 Å². The summed E-state index contributed by atoms with van der Waals surface area (Å²) in [5.74, 6) is -15.9. The zero-order valence-electron chi connectivity index (χ0n) is 39.6. The predicted molar refractivity (Wildman–Crippen MR) is 243 cm³/mol. The largest absolute Gasteiger partial charge is 0.481 e. The number of amides is 8. The summed E-state index contributed by atoms with van der Waals surface area (Å²) in [5.41, 5.74) is 21.7. The van der Waals surface area contributed by atoms with Gasteiger partial charge >= 0.3 is 23.9 Å². The first-order valence-corrected chi connectivity index (χ1v) is 22.1. The Bertz CT molecular complexity index is 1870. The molecule has 8 atom stereocenters. The summed E-state index contributed by atoms with van der Waals surface area (Å²) in [6.07, 6.45) is -4.15. The zero-order valence-corrected chi connectivity index (χ0v) is 39.6. The monoisotopic (exact) mass is 987 g/mol. The van der Waals surface area contributed by atoms with Crippen LogP contribution in [-0.2, 0) is 57.5 Å². The van der Waals surface area contributed by atoms with Crippen molar-refractivity contribution < 1.29 is 78.0 Å². The molecule has 0 saturated heterocycles.